The number of ketones is 1. The Balaban J connectivity index is 2.50. The number of halogens is 4. The van der Waals surface area contributed by atoms with Crippen molar-refractivity contribution >= 4 is 67.9 Å². The number of carbonyl (C=O) groups excluding carboxylic acids is 1. The van der Waals surface area contributed by atoms with Crippen molar-refractivity contribution in [3.05, 3.63) is 53.6 Å². The van der Waals surface area contributed by atoms with Crippen LogP contribution in [0.15, 0.2) is 28.7 Å². The number of thiophene rings is 1. The molecule has 1 heterocycles. The van der Waals surface area contributed by atoms with Crippen LogP contribution in [-0.2, 0) is 0 Å². The Labute approximate surface area is 125 Å². The molecular formula is C11H4BrCl3OS. The van der Waals surface area contributed by atoms with Gasteiger partial charge in [-0.25, -0.2) is 0 Å². The number of carbonyl (C=O) groups is 1. The van der Waals surface area contributed by atoms with E-state index in [4.69, 9.17) is 34.8 Å². The Kier molecular flexibility index (Phi) is 4.16. The van der Waals surface area contributed by atoms with Gasteiger partial charge in [-0.2, -0.15) is 0 Å². The largest absolute Gasteiger partial charge is 0.288 e. The van der Waals surface area contributed by atoms with Gasteiger partial charge in [0.15, 0.2) is 5.78 Å². The molecule has 0 unspecified atom stereocenters. The van der Waals surface area contributed by atoms with Gasteiger partial charge in [-0.05, 0) is 24.3 Å². The van der Waals surface area contributed by atoms with E-state index in [0.717, 1.165) is 15.8 Å². The summed E-state index contributed by atoms with van der Waals surface area (Å²) in [6.07, 6.45) is 0. The zero-order valence-corrected chi connectivity index (χ0v) is 12.8. The number of rotatable bonds is 2. The summed E-state index contributed by atoms with van der Waals surface area (Å²) < 4.78 is 1.63. The van der Waals surface area contributed by atoms with Gasteiger partial charge < -0.3 is 0 Å². The minimum atomic E-state index is -0.232. The Bertz CT molecular complexity index is 594. The van der Waals surface area contributed by atoms with Gasteiger partial charge in [-0.1, -0.05) is 50.7 Å². The van der Waals surface area contributed by atoms with E-state index in [2.05, 4.69) is 15.9 Å². The van der Waals surface area contributed by atoms with Crippen molar-refractivity contribution in [1.82, 2.24) is 0 Å². The van der Waals surface area contributed by atoms with Crippen molar-refractivity contribution < 1.29 is 4.79 Å². The molecule has 0 aliphatic carbocycles. The summed E-state index contributed by atoms with van der Waals surface area (Å²) in [5.41, 5.74) is 0.777. The number of benzene rings is 1. The molecule has 0 aliphatic rings. The van der Waals surface area contributed by atoms with E-state index < -0.39 is 0 Å². The minimum absolute atomic E-state index is 0.232. The van der Waals surface area contributed by atoms with Gasteiger partial charge in [0.2, 0.25) is 0 Å². The Morgan fingerprint density at radius 3 is 2.41 bits per heavy atom. The summed E-state index contributed by atoms with van der Waals surface area (Å²) in [6, 6.07) is 6.63. The lowest BCUT2D eigenvalue weighted by molar-refractivity contribution is 0.103. The first kappa shape index (κ1) is 13.4. The Hall–Kier alpha value is -0.0600. The molecule has 0 atom stereocenters. The molecule has 2 aromatic rings. The first-order chi connectivity index (χ1) is 7.99. The van der Waals surface area contributed by atoms with Crippen molar-refractivity contribution in [1.29, 1.82) is 0 Å². The van der Waals surface area contributed by atoms with E-state index in [0.29, 0.717) is 24.8 Å². The van der Waals surface area contributed by atoms with Crippen LogP contribution in [0.4, 0.5) is 0 Å². The third-order valence-electron chi connectivity index (χ3n) is 2.07. The average Bonchev–Trinajstić information content (AvgIpc) is 2.60. The topological polar surface area (TPSA) is 17.1 Å². The van der Waals surface area contributed by atoms with Crippen molar-refractivity contribution in [3.8, 4) is 0 Å². The monoisotopic (exact) mass is 368 g/mol. The van der Waals surface area contributed by atoms with Gasteiger partial charge in [-0.15, -0.1) is 11.3 Å². The molecule has 1 nitrogen and oxygen atoms in total. The lowest BCUT2D eigenvalue weighted by Gasteiger charge is -2.03. The first-order valence-corrected chi connectivity index (χ1v) is 7.18. The highest BCUT2D eigenvalue weighted by atomic mass is 79.9. The average molecular weight is 370 g/mol. The van der Waals surface area contributed by atoms with Gasteiger partial charge in [0, 0.05) is 10.0 Å². The van der Waals surface area contributed by atoms with Crippen molar-refractivity contribution in [2.45, 2.75) is 0 Å². The van der Waals surface area contributed by atoms with Crippen LogP contribution in [0.3, 0.4) is 0 Å². The van der Waals surface area contributed by atoms with Gasteiger partial charge in [0.25, 0.3) is 0 Å². The molecule has 0 spiro atoms. The van der Waals surface area contributed by atoms with E-state index in [-0.39, 0.29) is 5.78 Å². The van der Waals surface area contributed by atoms with E-state index in [1.807, 2.05) is 0 Å². The van der Waals surface area contributed by atoms with Gasteiger partial charge in [0.05, 0.1) is 14.9 Å². The molecular weight excluding hydrogens is 366 g/mol. The quantitative estimate of drug-likeness (QED) is 0.620. The second-order valence-electron chi connectivity index (χ2n) is 3.19. The summed E-state index contributed by atoms with van der Waals surface area (Å²) >= 11 is 22.2. The molecule has 0 aliphatic heterocycles. The lowest BCUT2D eigenvalue weighted by atomic mass is 10.1. The van der Waals surface area contributed by atoms with Crippen molar-refractivity contribution in [2.75, 3.05) is 0 Å². The lowest BCUT2D eigenvalue weighted by Crippen LogP contribution is -2.01. The summed E-state index contributed by atoms with van der Waals surface area (Å²) in [6.45, 7) is 0. The summed E-state index contributed by atoms with van der Waals surface area (Å²) in [5, 5.41) is 0.386. The maximum atomic E-state index is 12.2. The molecule has 88 valence electrons. The van der Waals surface area contributed by atoms with Gasteiger partial charge in [0.1, 0.15) is 4.34 Å². The standard InChI is InChI=1S/C11H4BrCl3OS/c12-5-1-2-8(13)6(3-5)10(16)7-4-9(14)17-11(7)15/h1-4H. The molecule has 0 bridgehead atoms. The minimum Gasteiger partial charge on any atom is -0.288 e. The Morgan fingerprint density at radius 2 is 1.82 bits per heavy atom. The van der Waals surface area contributed by atoms with E-state index >= 15 is 0 Å². The van der Waals surface area contributed by atoms with E-state index in [1.165, 1.54) is 0 Å². The molecule has 0 saturated heterocycles. The molecule has 0 saturated carbocycles. The highest BCUT2D eigenvalue weighted by Gasteiger charge is 2.18. The van der Waals surface area contributed by atoms with E-state index in [9.17, 15) is 4.79 Å². The number of hydrogen-bond acceptors (Lipinski definition) is 2. The normalized spacial score (nSPS) is 10.6. The fraction of sp³-hybridized carbons (Fsp3) is 0. The van der Waals surface area contributed by atoms with Crippen LogP contribution < -0.4 is 0 Å². The van der Waals surface area contributed by atoms with Crippen LogP contribution in [-0.4, -0.2) is 5.78 Å². The zero-order valence-electron chi connectivity index (χ0n) is 8.14. The predicted molar refractivity (Wildman–Crippen MR) is 76.9 cm³/mol. The fourth-order valence-electron chi connectivity index (χ4n) is 1.31. The Morgan fingerprint density at radius 1 is 1.12 bits per heavy atom. The zero-order chi connectivity index (χ0) is 12.6. The molecule has 0 N–H and O–H groups in total. The van der Waals surface area contributed by atoms with Gasteiger partial charge >= 0.3 is 0 Å². The van der Waals surface area contributed by atoms with Crippen LogP contribution in [0.5, 0.6) is 0 Å². The summed E-state index contributed by atoms with van der Waals surface area (Å²) in [5.74, 6) is -0.232. The highest BCUT2D eigenvalue weighted by molar-refractivity contribution is 9.10. The number of hydrogen-bond donors (Lipinski definition) is 0. The molecule has 1 aromatic carbocycles. The van der Waals surface area contributed by atoms with Crippen LogP contribution in [0.25, 0.3) is 0 Å². The molecule has 1 aromatic heterocycles. The predicted octanol–water partition coefficient (Wildman–Crippen LogP) is 5.70. The maximum Gasteiger partial charge on any atom is 0.196 e. The molecule has 2 rings (SSSR count). The SMILES string of the molecule is O=C(c1cc(Br)ccc1Cl)c1cc(Cl)sc1Cl. The molecule has 0 radical (unpaired) electrons. The van der Waals surface area contributed by atoms with Crippen molar-refractivity contribution in [2.24, 2.45) is 0 Å². The van der Waals surface area contributed by atoms with E-state index in [1.54, 1.807) is 24.3 Å². The van der Waals surface area contributed by atoms with Crippen LogP contribution in [0.2, 0.25) is 13.7 Å². The van der Waals surface area contributed by atoms with Crippen LogP contribution >= 0.6 is 62.1 Å². The highest BCUT2D eigenvalue weighted by Crippen LogP contribution is 2.34. The second kappa shape index (κ2) is 5.29. The second-order valence-corrected chi connectivity index (χ2v) is 6.80. The summed E-state index contributed by atoms with van der Waals surface area (Å²) in [4.78, 5) is 12.2. The smallest absolute Gasteiger partial charge is 0.196 e. The van der Waals surface area contributed by atoms with Crippen LogP contribution in [0.1, 0.15) is 15.9 Å². The molecule has 6 heteroatoms. The summed E-state index contributed by atoms with van der Waals surface area (Å²) in [7, 11) is 0. The molecule has 0 amide bonds. The molecule has 17 heavy (non-hydrogen) atoms. The fourth-order valence-corrected chi connectivity index (χ4v) is 3.33. The first-order valence-electron chi connectivity index (χ1n) is 4.43. The maximum absolute atomic E-state index is 12.2. The van der Waals surface area contributed by atoms with Crippen LogP contribution in [0, 0.1) is 0 Å². The van der Waals surface area contributed by atoms with Gasteiger partial charge in [-0.3, -0.25) is 4.79 Å². The van der Waals surface area contributed by atoms with Crippen molar-refractivity contribution in [3.63, 3.8) is 0 Å². The molecule has 0 fully saturated rings. The third kappa shape index (κ3) is 2.85. The third-order valence-corrected chi connectivity index (χ3v) is 4.38.